The van der Waals surface area contributed by atoms with Gasteiger partial charge in [0.05, 0.1) is 6.04 Å². The van der Waals surface area contributed by atoms with Crippen LogP contribution >= 0.6 is 0 Å². The smallest absolute Gasteiger partial charge is 0.239 e. The van der Waals surface area contributed by atoms with E-state index < -0.39 is 6.04 Å². The van der Waals surface area contributed by atoms with Gasteiger partial charge in [0.2, 0.25) is 5.91 Å². The summed E-state index contributed by atoms with van der Waals surface area (Å²) in [4.78, 5) is 17.9. The molecule has 2 aromatic rings. The van der Waals surface area contributed by atoms with E-state index >= 15 is 0 Å². The minimum atomic E-state index is -0.460. The first-order valence-corrected chi connectivity index (χ1v) is 8.68. The maximum atomic E-state index is 12.7. The number of fused-ring (bicyclic) bond motifs is 1. The Hall–Kier alpha value is -1.81. The molecule has 4 nitrogen and oxygen atoms in total. The number of rotatable bonds is 5. The van der Waals surface area contributed by atoms with Crippen LogP contribution in [0.3, 0.4) is 0 Å². The molecule has 1 fully saturated rings. The summed E-state index contributed by atoms with van der Waals surface area (Å²) in [7, 11) is 0. The molecule has 4 heteroatoms. The zero-order valence-electron chi connectivity index (χ0n) is 14.1. The van der Waals surface area contributed by atoms with Gasteiger partial charge in [-0.05, 0) is 42.7 Å². The van der Waals surface area contributed by atoms with E-state index in [9.17, 15) is 4.79 Å². The Kier molecular flexibility index (Phi) is 4.44. The number of carbonyl (C=O) groups is 1. The van der Waals surface area contributed by atoms with Crippen LogP contribution in [0.5, 0.6) is 0 Å². The van der Waals surface area contributed by atoms with Gasteiger partial charge in [0.15, 0.2) is 0 Å². The van der Waals surface area contributed by atoms with E-state index in [0.717, 1.165) is 48.8 Å². The van der Waals surface area contributed by atoms with Crippen molar-refractivity contribution in [3.05, 3.63) is 36.0 Å². The lowest BCUT2D eigenvalue weighted by Gasteiger charge is -2.27. The van der Waals surface area contributed by atoms with Crippen LogP contribution in [-0.2, 0) is 11.2 Å². The normalized spacial score (nSPS) is 18.5. The molecule has 3 rings (SSSR count). The molecule has 0 bridgehead atoms. The number of nitrogens with two attached hydrogens (primary N) is 1. The predicted molar refractivity (Wildman–Crippen MR) is 94.2 cm³/mol. The first-order chi connectivity index (χ1) is 11.1. The molecule has 1 amide bonds. The first-order valence-electron chi connectivity index (χ1n) is 8.68. The van der Waals surface area contributed by atoms with Crippen LogP contribution in [0.25, 0.3) is 10.9 Å². The van der Waals surface area contributed by atoms with Crippen LogP contribution < -0.4 is 5.73 Å². The molecule has 1 aromatic heterocycles. The van der Waals surface area contributed by atoms with Gasteiger partial charge in [0.25, 0.3) is 0 Å². The highest BCUT2D eigenvalue weighted by atomic mass is 16.2. The van der Waals surface area contributed by atoms with Crippen molar-refractivity contribution in [1.29, 1.82) is 0 Å². The van der Waals surface area contributed by atoms with E-state index in [0.29, 0.717) is 11.8 Å². The van der Waals surface area contributed by atoms with Crippen molar-refractivity contribution in [2.24, 2.45) is 11.1 Å². The fourth-order valence-corrected chi connectivity index (χ4v) is 3.81. The number of aromatic amines is 1. The number of amides is 1. The van der Waals surface area contributed by atoms with E-state index in [1.807, 2.05) is 29.3 Å². The van der Waals surface area contributed by atoms with Gasteiger partial charge in [-0.25, -0.2) is 0 Å². The van der Waals surface area contributed by atoms with Crippen LogP contribution in [0.15, 0.2) is 30.5 Å². The summed E-state index contributed by atoms with van der Waals surface area (Å²) in [6.45, 7) is 6.16. The summed E-state index contributed by atoms with van der Waals surface area (Å²) in [6, 6.07) is 7.69. The van der Waals surface area contributed by atoms with Crippen LogP contribution in [0, 0.1) is 5.41 Å². The highest BCUT2D eigenvalue weighted by Gasteiger charge is 2.38. The molecule has 124 valence electrons. The fraction of sp³-hybridized carbons (Fsp3) is 0.526. The van der Waals surface area contributed by atoms with E-state index in [1.54, 1.807) is 0 Å². The molecule has 0 unspecified atom stereocenters. The molecule has 0 radical (unpaired) electrons. The van der Waals surface area contributed by atoms with E-state index in [-0.39, 0.29) is 5.91 Å². The number of carbonyl (C=O) groups excluding carboxylic acids is 1. The van der Waals surface area contributed by atoms with E-state index in [2.05, 4.69) is 24.9 Å². The number of likely N-dealkylation sites (tertiary alicyclic amines) is 1. The Bertz CT molecular complexity index is 687. The summed E-state index contributed by atoms with van der Waals surface area (Å²) < 4.78 is 0. The monoisotopic (exact) mass is 313 g/mol. The minimum Gasteiger partial charge on any atom is -0.361 e. The summed E-state index contributed by atoms with van der Waals surface area (Å²) in [6.07, 6.45) is 5.93. The zero-order valence-corrected chi connectivity index (χ0v) is 14.1. The molecule has 1 aliphatic rings. The van der Waals surface area contributed by atoms with Gasteiger partial charge in [0, 0.05) is 30.2 Å². The maximum Gasteiger partial charge on any atom is 0.239 e. The third kappa shape index (κ3) is 3.00. The molecule has 0 spiro atoms. The van der Waals surface area contributed by atoms with E-state index in [4.69, 9.17) is 5.73 Å². The molecule has 1 saturated heterocycles. The summed E-state index contributed by atoms with van der Waals surface area (Å²) in [5.41, 5.74) is 8.77. The zero-order chi connectivity index (χ0) is 16.4. The SMILES string of the molecule is CCC1(CC)CCN(C(=O)[C@@H](N)Cc2c[nH]c3ccccc23)C1. The highest BCUT2D eigenvalue weighted by molar-refractivity contribution is 5.86. The van der Waals surface area contributed by atoms with Gasteiger partial charge in [-0.15, -0.1) is 0 Å². The van der Waals surface area contributed by atoms with Crippen molar-refractivity contribution in [2.45, 2.75) is 45.6 Å². The lowest BCUT2D eigenvalue weighted by Crippen LogP contribution is -2.44. The first kappa shape index (κ1) is 16.1. The second kappa shape index (κ2) is 6.36. The number of hydrogen-bond donors (Lipinski definition) is 2. The average molecular weight is 313 g/mol. The van der Waals surface area contributed by atoms with Gasteiger partial charge in [-0.2, -0.15) is 0 Å². The van der Waals surface area contributed by atoms with Crippen molar-refractivity contribution in [2.75, 3.05) is 13.1 Å². The lowest BCUT2D eigenvalue weighted by atomic mass is 9.82. The number of para-hydroxylation sites is 1. The lowest BCUT2D eigenvalue weighted by molar-refractivity contribution is -0.131. The number of nitrogens with zero attached hydrogens (tertiary/aromatic N) is 1. The van der Waals surface area contributed by atoms with Crippen molar-refractivity contribution in [3.8, 4) is 0 Å². The largest absolute Gasteiger partial charge is 0.361 e. The van der Waals surface area contributed by atoms with Crippen LogP contribution in [-0.4, -0.2) is 34.9 Å². The Morgan fingerprint density at radius 1 is 1.35 bits per heavy atom. The van der Waals surface area contributed by atoms with Crippen molar-refractivity contribution < 1.29 is 4.79 Å². The molecule has 1 aromatic carbocycles. The van der Waals surface area contributed by atoms with Crippen LogP contribution in [0.2, 0.25) is 0 Å². The maximum absolute atomic E-state index is 12.7. The van der Waals surface area contributed by atoms with Gasteiger partial charge in [-0.3, -0.25) is 4.79 Å². The number of nitrogens with one attached hydrogen (secondary N) is 1. The second-order valence-corrected chi connectivity index (χ2v) is 6.89. The molecule has 1 aliphatic heterocycles. The van der Waals surface area contributed by atoms with Crippen LogP contribution in [0.1, 0.15) is 38.7 Å². The molecule has 0 aliphatic carbocycles. The molecule has 1 atom stereocenters. The number of hydrogen-bond acceptors (Lipinski definition) is 2. The fourth-order valence-electron chi connectivity index (χ4n) is 3.81. The Balaban J connectivity index is 1.69. The molecular weight excluding hydrogens is 286 g/mol. The number of aromatic nitrogens is 1. The third-order valence-electron chi connectivity index (χ3n) is 5.68. The molecule has 23 heavy (non-hydrogen) atoms. The number of benzene rings is 1. The molecular formula is C19H27N3O. The Morgan fingerprint density at radius 2 is 2.09 bits per heavy atom. The molecule has 3 N–H and O–H groups in total. The molecule has 0 saturated carbocycles. The number of H-pyrrole nitrogens is 1. The highest BCUT2D eigenvalue weighted by Crippen LogP contribution is 2.37. The quantitative estimate of drug-likeness (QED) is 0.891. The van der Waals surface area contributed by atoms with Gasteiger partial charge < -0.3 is 15.6 Å². The third-order valence-corrected chi connectivity index (χ3v) is 5.68. The van der Waals surface area contributed by atoms with Gasteiger partial charge in [-0.1, -0.05) is 32.0 Å². The second-order valence-electron chi connectivity index (χ2n) is 6.89. The van der Waals surface area contributed by atoms with Crippen molar-refractivity contribution in [1.82, 2.24) is 9.88 Å². The average Bonchev–Trinajstić information content (AvgIpc) is 3.19. The topological polar surface area (TPSA) is 62.1 Å². The minimum absolute atomic E-state index is 0.0963. The summed E-state index contributed by atoms with van der Waals surface area (Å²) in [5.74, 6) is 0.0963. The van der Waals surface area contributed by atoms with Crippen LogP contribution in [0.4, 0.5) is 0 Å². The predicted octanol–water partition coefficient (Wildman–Crippen LogP) is 3.08. The molecule has 2 heterocycles. The summed E-state index contributed by atoms with van der Waals surface area (Å²) in [5, 5.41) is 1.16. The van der Waals surface area contributed by atoms with E-state index in [1.165, 1.54) is 0 Å². The Labute approximate surface area is 138 Å². The standard InChI is InChI=1S/C19H27N3O/c1-3-19(4-2)9-10-22(13-19)18(23)16(20)11-14-12-21-17-8-6-5-7-15(14)17/h5-8,12,16,21H,3-4,9-11,13,20H2,1-2H3/t16-/m0/s1. The van der Waals surface area contributed by atoms with Gasteiger partial charge in [0.1, 0.15) is 0 Å². The van der Waals surface area contributed by atoms with Crippen molar-refractivity contribution in [3.63, 3.8) is 0 Å². The Morgan fingerprint density at radius 3 is 2.78 bits per heavy atom. The van der Waals surface area contributed by atoms with Gasteiger partial charge >= 0.3 is 0 Å². The van der Waals surface area contributed by atoms with Crippen molar-refractivity contribution >= 4 is 16.8 Å². The summed E-state index contributed by atoms with van der Waals surface area (Å²) >= 11 is 0.